The predicted octanol–water partition coefficient (Wildman–Crippen LogP) is 2.49. The van der Waals surface area contributed by atoms with E-state index in [1.165, 1.54) is 11.3 Å². The first kappa shape index (κ1) is 12.1. The lowest BCUT2D eigenvalue weighted by Crippen LogP contribution is -2.24. The number of hydrogen-bond donors (Lipinski definition) is 2. The van der Waals surface area contributed by atoms with Crippen molar-refractivity contribution in [3.05, 3.63) is 39.6 Å². The van der Waals surface area contributed by atoms with Crippen molar-refractivity contribution in [3.63, 3.8) is 0 Å². The van der Waals surface area contributed by atoms with Crippen LogP contribution in [-0.2, 0) is 6.42 Å². The molecule has 17 heavy (non-hydrogen) atoms. The fourth-order valence-corrected chi connectivity index (χ4v) is 2.49. The van der Waals surface area contributed by atoms with Crippen molar-refractivity contribution in [1.82, 2.24) is 15.3 Å². The fraction of sp³-hybridized carbons (Fsp3) is 0.273. The summed E-state index contributed by atoms with van der Waals surface area (Å²) in [5.74, 6) is 0.831. The van der Waals surface area contributed by atoms with E-state index in [0.717, 1.165) is 18.7 Å². The predicted molar refractivity (Wildman–Crippen MR) is 68.6 cm³/mol. The minimum absolute atomic E-state index is 0.107. The summed E-state index contributed by atoms with van der Waals surface area (Å²) in [6.07, 6.45) is 5.19. The minimum atomic E-state index is -0.107. The lowest BCUT2D eigenvalue weighted by atomic mass is 10.3. The van der Waals surface area contributed by atoms with E-state index in [1.54, 1.807) is 23.8 Å². The van der Waals surface area contributed by atoms with E-state index >= 15 is 0 Å². The first-order chi connectivity index (χ1) is 8.27. The fourth-order valence-electron chi connectivity index (χ4n) is 1.43. The third-order valence-electron chi connectivity index (χ3n) is 2.25. The summed E-state index contributed by atoms with van der Waals surface area (Å²) in [7, 11) is 0. The van der Waals surface area contributed by atoms with Gasteiger partial charge in [0.25, 0.3) is 5.91 Å². The number of aryl methyl sites for hydroxylation is 1. The lowest BCUT2D eigenvalue weighted by molar-refractivity contribution is 0.0957. The molecule has 0 aliphatic rings. The van der Waals surface area contributed by atoms with Crippen LogP contribution in [0.5, 0.6) is 0 Å². The summed E-state index contributed by atoms with van der Waals surface area (Å²) in [6.45, 7) is 0.619. The van der Waals surface area contributed by atoms with Gasteiger partial charge in [-0.2, -0.15) is 0 Å². The normalized spacial score (nSPS) is 10.4. The van der Waals surface area contributed by atoms with Gasteiger partial charge in [0.15, 0.2) is 0 Å². The molecule has 0 aliphatic heterocycles. The molecule has 0 saturated heterocycles. The maximum atomic E-state index is 11.7. The maximum Gasteiger partial charge on any atom is 0.262 e. The van der Waals surface area contributed by atoms with Crippen LogP contribution in [0.2, 0.25) is 5.02 Å². The van der Waals surface area contributed by atoms with Gasteiger partial charge in [-0.3, -0.25) is 4.79 Å². The summed E-state index contributed by atoms with van der Waals surface area (Å²) >= 11 is 7.21. The molecule has 0 unspecified atom stereocenters. The summed E-state index contributed by atoms with van der Waals surface area (Å²) in [4.78, 5) is 19.4. The highest BCUT2D eigenvalue weighted by atomic mass is 35.5. The van der Waals surface area contributed by atoms with Crippen molar-refractivity contribution in [2.75, 3.05) is 6.54 Å². The van der Waals surface area contributed by atoms with E-state index in [-0.39, 0.29) is 5.91 Å². The Morgan fingerprint density at radius 1 is 1.59 bits per heavy atom. The molecule has 0 fully saturated rings. The quantitative estimate of drug-likeness (QED) is 0.820. The number of H-pyrrole nitrogens is 1. The van der Waals surface area contributed by atoms with Crippen molar-refractivity contribution in [2.45, 2.75) is 12.8 Å². The number of rotatable bonds is 5. The molecule has 2 heterocycles. The molecule has 90 valence electrons. The second-order valence-corrected chi connectivity index (χ2v) is 4.82. The van der Waals surface area contributed by atoms with Gasteiger partial charge in [0, 0.05) is 25.4 Å². The van der Waals surface area contributed by atoms with Crippen molar-refractivity contribution in [2.24, 2.45) is 0 Å². The molecule has 0 bridgehead atoms. The zero-order valence-corrected chi connectivity index (χ0v) is 10.6. The number of amides is 1. The Hall–Kier alpha value is -1.33. The van der Waals surface area contributed by atoms with Crippen LogP contribution in [0.1, 0.15) is 21.9 Å². The average Bonchev–Trinajstić information content (AvgIpc) is 2.95. The summed E-state index contributed by atoms with van der Waals surface area (Å²) in [5.41, 5.74) is 0. The maximum absolute atomic E-state index is 11.7. The van der Waals surface area contributed by atoms with E-state index < -0.39 is 0 Å². The van der Waals surface area contributed by atoms with Gasteiger partial charge in [-0.25, -0.2) is 4.98 Å². The third-order valence-corrected chi connectivity index (χ3v) is 3.59. The van der Waals surface area contributed by atoms with Gasteiger partial charge in [0.2, 0.25) is 0 Å². The molecule has 2 N–H and O–H groups in total. The van der Waals surface area contributed by atoms with Gasteiger partial charge in [0.1, 0.15) is 10.7 Å². The lowest BCUT2D eigenvalue weighted by Gasteiger charge is -2.02. The highest BCUT2D eigenvalue weighted by Crippen LogP contribution is 2.21. The van der Waals surface area contributed by atoms with Crippen LogP contribution < -0.4 is 5.32 Å². The smallest absolute Gasteiger partial charge is 0.262 e. The number of aromatic nitrogens is 2. The Morgan fingerprint density at radius 3 is 3.12 bits per heavy atom. The van der Waals surface area contributed by atoms with Crippen molar-refractivity contribution in [1.29, 1.82) is 0 Å². The molecule has 2 aromatic heterocycles. The number of halogens is 1. The number of hydrogen-bond acceptors (Lipinski definition) is 3. The SMILES string of the molecule is O=C(NCCCc1ncc[nH]1)c1sccc1Cl. The molecule has 4 nitrogen and oxygen atoms in total. The second kappa shape index (κ2) is 5.84. The number of carbonyl (C=O) groups is 1. The second-order valence-electron chi connectivity index (χ2n) is 3.49. The van der Waals surface area contributed by atoms with Crippen LogP contribution in [0.3, 0.4) is 0 Å². The standard InChI is InChI=1S/C11H12ClN3OS/c12-8-3-7-17-10(8)11(16)15-4-1-2-9-13-5-6-14-9/h3,5-7H,1-2,4H2,(H,13,14)(H,15,16). The monoisotopic (exact) mass is 269 g/mol. The topological polar surface area (TPSA) is 57.8 Å². The molecule has 0 radical (unpaired) electrons. The summed E-state index contributed by atoms with van der Waals surface area (Å²) < 4.78 is 0. The molecule has 6 heteroatoms. The van der Waals surface area contributed by atoms with Gasteiger partial charge in [-0.1, -0.05) is 11.6 Å². The minimum Gasteiger partial charge on any atom is -0.351 e. The molecular formula is C11H12ClN3OS. The van der Waals surface area contributed by atoms with Crippen LogP contribution in [0.4, 0.5) is 0 Å². The van der Waals surface area contributed by atoms with Gasteiger partial charge in [-0.05, 0) is 17.9 Å². The van der Waals surface area contributed by atoms with E-state index in [1.807, 2.05) is 0 Å². The van der Waals surface area contributed by atoms with Gasteiger partial charge >= 0.3 is 0 Å². The van der Waals surface area contributed by atoms with Crippen molar-refractivity contribution >= 4 is 28.8 Å². The largest absolute Gasteiger partial charge is 0.351 e. The Labute approximate surface area is 108 Å². The first-order valence-electron chi connectivity index (χ1n) is 5.27. The zero-order chi connectivity index (χ0) is 12.1. The molecular weight excluding hydrogens is 258 g/mol. The highest BCUT2D eigenvalue weighted by molar-refractivity contribution is 7.12. The number of carbonyl (C=O) groups excluding carboxylic acids is 1. The van der Waals surface area contributed by atoms with Crippen molar-refractivity contribution < 1.29 is 4.79 Å². The Bertz CT molecular complexity index is 481. The number of nitrogens with zero attached hydrogens (tertiary/aromatic N) is 1. The third kappa shape index (κ3) is 3.31. The molecule has 2 aromatic rings. The molecule has 0 spiro atoms. The van der Waals surface area contributed by atoms with Gasteiger partial charge in [0.05, 0.1) is 5.02 Å². The zero-order valence-electron chi connectivity index (χ0n) is 9.07. The van der Waals surface area contributed by atoms with Crippen molar-refractivity contribution in [3.8, 4) is 0 Å². The molecule has 0 aromatic carbocycles. The molecule has 1 amide bonds. The van der Waals surface area contributed by atoms with E-state index in [9.17, 15) is 4.79 Å². The summed E-state index contributed by atoms with van der Waals surface area (Å²) in [6, 6.07) is 1.73. The molecule has 0 atom stereocenters. The van der Waals surface area contributed by atoms with Gasteiger partial charge in [-0.15, -0.1) is 11.3 Å². The number of thiophene rings is 1. The Morgan fingerprint density at radius 2 is 2.47 bits per heavy atom. The molecule has 0 aliphatic carbocycles. The van der Waals surface area contributed by atoms with Crippen LogP contribution in [-0.4, -0.2) is 22.4 Å². The van der Waals surface area contributed by atoms with Crippen LogP contribution in [0, 0.1) is 0 Å². The highest BCUT2D eigenvalue weighted by Gasteiger charge is 2.10. The van der Waals surface area contributed by atoms with Crippen LogP contribution in [0.15, 0.2) is 23.8 Å². The van der Waals surface area contributed by atoms with Gasteiger partial charge < -0.3 is 10.3 Å². The Balaban J connectivity index is 1.72. The average molecular weight is 270 g/mol. The number of imidazole rings is 1. The molecule has 0 saturated carbocycles. The van der Waals surface area contributed by atoms with E-state index in [0.29, 0.717) is 16.4 Å². The number of nitrogens with one attached hydrogen (secondary N) is 2. The summed E-state index contributed by atoms with van der Waals surface area (Å²) in [5, 5.41) is 5.15. The Kier molecular flexibility index (Phi) is 4.17. The van der Waals surface area contributed by atoms with Crippen LogP contribution >= 0.6 is 22.9 Å². The molecule has 2 rings (SSSR count). The van der Waals surface area contributed by atoms with Crippen LogP contribution in [0.25, 0.3) is 0 Å². The van der Waals surface area contributed by atoms with E-state index in [2.05, 4.69) is 15.3 Å². The first-order valence-corrected chi connectivity index (χ1v) is 6.52. The number of aromatic amines is 1. The van der Waals surface area contributed by atoms with E-state index in [4.69, 9.17) is 11.6 Å².